The summed E-state index contributed by atoms with van der Waals surface area (Å²) < 4.78 is 11.1. The van der Waals surface area contributed by atoms with E-state index >= 15 is 0 Å². The van der Waals surface area contributed by atoms with Crippen LogP contribution in [0.1, 0.15) is 43.2 Å². The molecule has 1 saturated heterocycles. The number of carboxylic acids is 3. The minimum atomic E-state index is -2.74. The van der Waals surface area contributed by atoms with Crippen molar-refractivity contribution < 1.29 is 44.3 Å². The Morgan fingerprint density at radius 1 is 1.03 bits per heavy atom. The molecule has 2 aromatic rings. The van der Waals surface area contributed by atoms with Crippen LogP contribution in [-0.4, -0.2) is 86.5 Å². The molecular formula is C26H31N3O9. The topological polar surface area (TPSA) is 179 Å². The fraction of sp³-hybridized carbons (Fsp3) is 0.423. The van der Waals surface area contributed by atoms with Crippen molar-refractivity contribution >= 4 is 29.8 Å². The summed E-state index contributed by atoms with van der Waals surface area (Å²) in [5.41, 5.74) is 0.403. The quantitative estimate of drug-likeness (QED) is 0.332. The third kappa shape index (κ3) is 8.53. The van der Waals surface area contributed by atoms with Crippen molar-refractivity contribution in [2.75, 3.05) is 26.4 Å². The maximum Gasteiger partial charge on any atom is 0.336 e. The molecule has 0 amide bonds. The molecule has 1 aromatic heterocycles. The van der Waals surface area contributed by atoms with Crippen LogP contribution in [0.15, 0.2) is 41.7 Å². The van der Waals surface area contributed by atoms with Crippen molar-refractivity contribution in [2.24, 2.45) is 4.99 Å². The van der Waals surface area contributed by atoms with Gasteiger partial charge in [0.25, 0.3) is 0 Å². The number of aliphatic hydroxyl groups is 1. The van der Waals surface area contributed by atoms with Gasteiger partial charge in [0.15, 0.2) is 17.1 Å². The van der Waals surface area contributed by atoms with E-state index in [2.05, 4.69) is 16.0 Å². The van der Waals surface area contributed by atoms with E-state index < -0.39 is 36.4 Å². The first-order valence-electron chi connectivity index (χ1n) is 12.1. The maximum atomic E-state index is 10.3. The highest BCUT2D eigenvalue weighted by Gasteiger charge is 2.40. The summed E-state index contributed by atoms with van der Waals surface area (Å²) in [6, 6.07) is 7.98. The molecule has 0 radical (unpaired) electrons. The number of pyridine rings is 1. The van der Waals surface area contributed by atoms with Gasteiger partial charge < -0.3 is 34.8 Å². The normalized spacial score (nSPS) is 15.1. The summed E-state index contributed by atoms with van der Waals surface area (Å²) in [6.07, 6.45) is 8.10. The van der Waals surface area contributed by atoms with Gasteiger partial charge in [-0.05, 0) is 50.0 Å². The van der Waals surface area contributed by atoms with Crippen LogP contribution in [0.3, 0.4) is 0 Å². The van der Waals surface area contributed by atoms with Gasteiger partial charge in [0.2, 0.25) is 6.79 Å². The lowest BCUT2D eigenvalue weighted by Crippen LogP contribution is -2.42. The van der Waals surface area contributed by atoms with Crippen LogP contribution in [0.4, 0.5) is 5.69 Å². The number of benzene rings is 1. The first-order chi connectivity index (χ1) is 18.2. The zero-order valence-corrected chi connectivity index (χ0v) is 20.8. The molecule has 0 spiro atoms. The number of likely N-dealkylation sites (tertiary alicyclic amines) is 1. The van der Waals surface area contributed by atoms with Crippen molar-refractivity contribution in [1.82, 2.24) is 9.88 Å². The van der Waals surface area contributed by atoms with Gasteiger partial charge in [0, 0.05) is 36.8 Å². The van der Waals surface area contributed by atoms with Gasteiger partial charge in [-0.3, -0.25) is 19.6 Å². The van der Waals surface area contributed by atoms with Gasteiger partial charge in [-0.15, -0.1) is 0 Å². The molecule has 1 fully saturated rings. The number of hydrogen-bond acceptors (Lipinski definition) is 9. The molecule has 0 aliphatic carbocycles. The Morgan fingerprint density at radius 3 is 2.26 bits per heavy atom. The van der Waals surface area contributed by atoms with Gasteiger partial charge in [0.05, 0.1) is 18.5 Å². The summed E-state index contributed by atoms with van der Waals surface area (Å²) in [5, 5.41) is 33.8. The fourth-order valence-corrected chi connectivity index (χ4v) is 4.07. The lowest BCUT2D eigenvalue weighted by molar-refractivity contribution is -0.170. The first-order valence-corrected chi connectivity index (χ1v) is 12.1. The number of aliphatic imine (C=N–C) groups is 1. The molecule has 2 aliphatic rings. The third-order valence-corrected chi connectivity index (χ3v) is 6.04. The van der Waals surface area contributed by atoms with E-state index in [-0.39, 0.29) is 6.79 Å². The number of ether oxygens (including phenoxy) is 2. The molecule has 204 valence electrons. The lowest BCUT2D eigenvalue weighted by atomic mass is 9.96. The lowest BCUT2D eigenvalue weighted by Gasteiger charge is -2.26. The number of carboxylic acid groups (broad SMARTS) is 3. The van der Waals surface area contributed by atoms with Crippen molar-refractivity contribution in [3.8, 4) is 11.5 Å². The Hall–Kier alpha value is -4.03. The zero-order valence-electron chi connectivity index (χ0n) is 20.8. The third-order valence-electron chi connectivity index (χ3n) is 6.04. The number of hydrogen-bond donors (Lipinski definition) is 4. The summed E-state index contributed by atoms with van der Waals surface area (Å²) in [7, 11) is 0. The standard InChI is InChI=1S/C20H23N3O2.C6H8O7/c1-2-8-23(9-3-1)10-6-17-11-19-20(25-15-24-19)12-18(17)22-14-16-5-4-7-21-13-16;7-3(8)1-6(13,5(11)12)2-4(9)10/h4-5,7,11-14H,1-3,6,8-10,15H2;13H,1-2H2,(H,7,8)(H,9,10)(H,11,12). The Morgan fingerprint density at radius 2 is 1.68 bits per heavy atom. The molecule has 0 saturated carbocycles. The smallest absolute Gasteiger partial charge is 0.336 e. The second-order valence-electron chi connectivity index (χ2n) is 9.01. The highest BCUT2D eigenvalue weighted by atomic mass is 16.7. The largest absolute Gasteiger partial charge is 0.481 e. The molecule has 0 unspecified atom stereocenters. The number of aliphatic carboxylic acids is 3. The molecular weight excluding hydrogens is 498 g/mol. The summed E-state index contributed by atoms with van der Waals surface area (Å²) in [4.78, 5) is 41.9. The fourth-order valence-electron chi connectivity index (χ4n) is 4.07. The summed E-state index contributed by atoms with van der Waals surface area (Å²) in [6.45, 7) is 3.77. The van der Waals surface area contributed by atoms with Crippen molar-refractivity contribution in [1.29, 1.82) is 0 Å². The van der Waals surface area contributed by atoms with Crippen LogP contribution in [-0.2, 0) is 20.8 Å². The van der Waals surface area contributed by atoms with Crippen molar-refractivity contribution in [2.45, 2.75) is 44.1 Å². The van der Waals surface area contributed by atoms with Crippen LogP contribution < -0.4 is 9.47 Å². The predicted octanol–water partition coefficient (Wildman–Crippen LogP) is 2.34. The SMILES string of the molecule is C(=Nc1cc2c(cc1CCN1CCCCC1)OCO2)c1cccnc1.O=C(O)CC(O)(CC(=O)O)C(=O)O. The first kappa shape index (κ1) is 28.5. The number of carbonyl (C=O) groups is 3. The van der Waals surface area contributed by atoms with E-state index in [9.17, 15) is 14.4 Å². The zero-order chi connectivity index (χ0) is 27.5. The Bertz CT molecular complexity index is 1130. The molecule has 12 nitrogen and oxygen atoms in total. The van der Waals surface area contributed by atoms with Gasteiger partial charge in [-0.25, -0.2) is 4.79 Å². The average molecular weight is 530 g/mol. The Labute approximate surface area is 219 Å². The van der Waals surface area contributed by atoms with Gasteiger partial charge in [-0.1, -0.05) is 12.5 Å². The summed E-state index contributed by atoms with van der Waals surface area (Å²) >= 11 is 0. The number of piperidine rings is 1. The maximum absolute atomic E-state index is 10.3. The van der Waals surface area contributed by atoms with E-state index in [1.165, 1.54) is 37.9 Å². The Balaban J connectivity index is 0.000000263. The summed E-state index contributed by atoms with van der Waals surface area (Å²) in [5.74, 6) is -3.41. The second kappa shape index (κ2) is 13.5. The molecule has 1 aromatic carbocycles. The number of aromatic nitrogens is 1. The van der Waals surface area contributed by atoms with E-state index in [1.807, 2.05) is 30.6 Å². The van der Waals surface area contributed by atoms with Gasteiger partial charge in [-0.2, -0.15) is 0 Å². The van der Waals surface area contributed by atoms with Crippen molar-refractivity contribution in [3.63, 3.8) is 0 Å². The highest BCUT2D eigenvalue weighted by molar-refractivity contribution is 5.88. The van der Waals surface area contributed by atoms with Crippen LogP contribution in [0.2, 0.25) is 0 Å². The van der Waals surface area contributed by atoms with Crippen molar-refractivity contribution in [3.05, 3.63) is 47.8 Å². The number of rotatable bonds is 10. The minimum absolute atomic E-state index is 0.288. The van der Waals surface area contributed by atoms with Gasteiger partial charge >= 0.3 is 17.9 Å². The molecule has 4 rings (SSSR count). The highest BCUT2D eigenvalue weighted by Crippen LogP contribution is 2.38. The minimum Gasteiger partial charge on any atom is -0.481 e. The molecule has 4 N–H and O–H groups in total. The van der Waals surface area contributed by atoms with E-state index in [0.29, 0.717) is 0 Å². The molecule has 12 heteroatoms. The Kier molecular flexibility index (Phi) is 10.1. The average Bonchev–Trinajstić information content (AvgIpc) is 3.34. The molecule has 0 bridgehead atoms. The van der Waals surface area contributed by atoms with Crippen LogP contribution in [0, 0.1) is 0 Å². The second-order valence-corrected chi connectivity index (χ2v) is 9.01. The van der Waals surface area contributed by atoms with Crippen LogP contribution >= 0.6 is 0 Å². The molecule has 38 heavy (non-hydrogen) atoms. The molecule has 3 heterocycles. The van der Waals surface area contributed by atoms with Crippen LogP contribution in [0.5, 0.6) is 11.5 Å². The van der Waals surface area contributed by atoms with E-state index in [1.54, 1.807) is 6.20 Å². The number of nitrogens with zero attached hydrogens (tertiary/aromatic N) is 3. The molecule has 2 aliphatic heterocycles. The van der Waals surface area contributed by atoms with E-state index in [4.69, 9.17) is 34.9 Å². The predicted molar refractivity (Wildman–Crippen MR) is 135 cm³/mol. The van der Waals surface area contributed by atoms with Gasteiger partial charge in [0.1, 0.15) is 0 Å². The van der Waals surface area contributed by atoms with E-state index in [0.717, 1.165) is 35.7 Å². The number of fused-ring (bicyclic) bond motifs is 1. The monoisotopic (exact) mass is 529 g/mol. The molecule has 0 atom stereocenters. The van der Waals surface area contributed by atoms with Crippen LogP contribution in [0.25, 0.3) is 0 Å².